The zero-order chi connectivity index (χ0) is 24.2. The quantitative estimate of drug-likeness (QED) is 0.288. The Morgan fingerprint density at radius 3 is 2.86 bits per heavy atom. The molecule has 35 heavy (non-hydrogen) atoms. The fraction of sp³-hybridized carbons (Fsp3) is 0.357. The monoisotopic (exact) mass is 490 g/mol. The number of anilines is 1. The van der Waals surface area contributed by atoms with Crippen molar-refractivity contribution in [1.29, 1.82) is 0 Å². The minimum absolute atomic E-state index is 0.115. The Morgan fingerprint density at radius 1 is 1.11 bits per heavy atom. The van der Waals surface area contributed by atoms with E-state index < -0.39 is 0 Å². The van der Waals surface area contributed by atoms with Gasteiger partial charge in [-0.2, -0.15) is 0 Å². The van der Waals surface area contributed by atoms with Crippen LogP contribution in [0.2, 0.25) is 0 Å². The average molecular weight is 491 g/mol. The Balaban J connectivity index is 1.36. The van der Waals surface area contributed by atoms with Gasteiger partial charge in [0.15, 0.2) is 0 Å². The Morgan fingerprint density at radius 2 is 1.97 bits per heavy atom. The lowest BCUT2D eigenvalue weighted by molar-refractivity contribution is -0.115. The van der Waals surface area contributed by atoms with Gasteiger partial charge in [-0.3, -0.25) is 9.59 Å². The van der Waals surface area contributed by atoms with E-state index in [1.54, 1.807) is 17.6 Å². The molecular formula is C28H30N2O4S. The summed E-state index contributed by atoms with van der Waals surface area (Å²) in [7, 11) is 0. The van der Waals surface area contributed by atoms with Crippen LogP contribution in [0.1, 0.15) is 52.5 Å². The second-order valence-electron chi connectivity index (χ2n) is 8.87. The second kappa shape index (κ2) is 10.6. The lowest BCUT2D eigenvalue weighted by Crippen LogP contribution is -2.27. The highest BCUT2D eigenvalue weighted by Gasteiger charge is 2.26. The first-order valence-corrected chi connectivity index (χ1v) is 13.2. The van der Waals surface area contributed by atoms with Crippen molar-refractivity contribution in [3.8, 4) is 0 Å². The maximum Gasteiger partial charge on any atom is 0.254 e. The molecule has 0 aliphatic heterocycles. The number of furan rings is 1. The van der Waals surface area contributed by atoms with Crippen LogP contribution in [0.15, 0.2) is 47.1 Å². The summed E-state index contributed by atoms with van der Waals surface area (Å²) in [6.45, 7) is 3.80. The molecule has 2 aromatic heterocycles. The number of thiophene rings is 1. The van der Waals surface area contributed by atoms with Gasteiger partial charge in [0.25, 0.3) is 5.91 Å². The third-order valence-electron chi connectivity index (χ3n) is 6.50. The van der Waals surface area contributed by atoms with E-state index in [0.29, 0.717) is 30.3 Å². The van der Waals surface area contributed by atoms with Gasteiger partial charge in [0.1, 0.15) is 10.6 Å². The van der Waals surface area contributed by atoms with Crippen LogP contribution in [0.4, 0.5) is 5.00 Å². The second-order valence-corrected chi connectivity index (χ2v) is 9.97. The molecule has 0 unspecified atom stereocenters. The summed E-state index contributed by atoms with van der Waals surface area (Å²) in [5.41, 5.74) is 3.35. The number of carbonyl (C=O) groups excluding carboxylic acids is 2. The Bertz CT molecular complexity index is 1370. The number of rotatable bonds is 9. The van der Waals surface area contributed by atoms with Crippen LogP contribution in [0.25, 0.3) is 21.7 Å². The number of aryl methyl sites for hydroxylation is 1. The Hall–Kier alpha value is -3.16. The molecule has 0 fully saturated rings. The van der Waals surface area contributed by atoms with Crippen LogP contribution in [-0.2, 0) is 28.8 Å². The fourth-order valence-corrected chi connectivity index (χ4v) is 6.15. The number of carbonyl (C=O) groups is 2. The maximum absolute atomic E-state index is 13.2. The number of fused-ring (bicyclic) bond motifs is 4. The molecule has 1 aliphatic rings. The minimum Gasteiger partial charge on any atom is -0.464 e. The summed E-state index contributed by atoms with van der Waals surface area (Å²) in [5, 5.41) is 9.88. The van der Waals surface area contributed by atoms with Crippen molar-refractivity contribution in [2.45, 2.75) is 45.4 Å². The molecule has 0 radical (unpaired) electrons. The zero-order valence-corrected chi connectivity index (χ0v) is 20.8. The average Bonchev–Trinajstić information content (AvgIpc) is 3.44. The van der Waals surface area contributed by atoms with Gasteiger partial charge in [0.2, 0.25) is 5.91 Å². The van der Waals surface area contributed by atoms with Crippen LogP contribution in [-0.4, -0.2) is 31.6 Å². The van der Waals surface area contributed by atoms with Gasteiger partial charge in [0, 0.05) is 35.6 Å². The highest BCUT2D eigenvalue weighted by molar-refractivity contribution is 7.17. The van der Waals surface area contributed by atoms with Crippen LogP contribution in [0, 0.1) is 0 Å². The van der Waals surface area contributed by atoms with Gasteiger partial charge < -0.3 is 19.8 Å². The van der Waals surface area contributed by atoms with E-state index in [2.05, 4.69) is 22.8 Å². The number of hydrogen-bond acceptors (Lipinski definition) is 5. The smallest absolute Gasteiger partial charge is 0.254 e. The van der Waals surface area contributed by atoms with Crippen molar-refractivity contribution >= 4 is 49.9 Å². The molecule has 0 saturated heterocycles. The fourth-order valence-electron chi connectivity index (χ4n) is 4.85. The molecular weight excluding hydrogens is 460 g/mol. The van der Waals surface area contributed by atoms with Crippen molar-refractivity contribution < 1.29 is 18.7 Å². The van der Waals surface area contributed by atoms with Gasteiger partial charge in [-0.15, -0.1) is 11.3 Å². The van der Waals surface area contributed by atoms with E-state index in [1.807, 2.05) is 31.2 Å². The molecule has 182 valence electrons. The Labute approximate surface area is 208 Å². The van der Waals surface area contributed by atoms with Crippen LogP contribution in [0.5, 0.6) is 0 Å². The molecule has 4 aromatic rings. The molecule has 7 heteroatoms. The first kappa shape index (κ1) is 23.6. The van der Waals surface area contributed by atoms with E-state index in [9.17, 15) is 9.59 Å². The van der Waals surface area contributed by atoms with Crippen molar-refractivity contribution in [2.24, 2.45) is 0 Å². The van der Waals surface area contributed by atoms with E-state index >= 15 is 0 Å². The summed E-state index contributed by atoms with van der Waals surface area (Å²) >= 11 is 1.54. The maximum atomic E-state index is 13.2. The number of hydrogen-bond donors (Lipinski definition) is 2. The van der Waals surface area contributed by atoms with Crippen LogP contribution >= 0.6 is 11.3 Å². The molecule has 2 heterocycles. The van der Waals surface area contributed by atoms with E-state index in [0.717, 1.165) is 65.0 Å². The van der Waals surface area contributed by atoms with E-state index in [1.165, 1.54) is 4.88 Å². The standard InChI is InChI=1S/C28H30N2O4S/c1-2-33-15-7-14-29-27(32)26-21-10-5-6-11-23(21)35-28(26)30-24(31)16-19-17-34-22-13-12-18-8-3-4-9-20(18)25(19)22/h3-4,8-9,12-13,17H,2,5-7,10-11,14-16H2,1H3,(H,29,32)(H,30,31). The summed E-state index contributed by atoms with van der Waals surface area (Å²) in [4.78, 5) is 27.5. The molecule has 1 aliphatic carbocycles. The van der Waals surface area contributed by atoms with Crippen molar-refractivity contribution in [1.82, 2.24) is 5.32 Å². The molecule has 2 aromatic carbocycles. The molecule has 0 bridgehead atoms. The predicted octanol–water partition coefficient (Wildman–Crippen LogP) is 5.86. The SMILES string of the molecule is CCOCCCNC(=O)c1c(NC(=O)Cc2coc3ccc4ccccc4c23)sc2c1CCCC2. The molecule has 6 nitrogen and oxygen atoms in total. The molecule has 2 amide bonds. The topological polar surface area (TPSA) is 80.6 Å². The predicted molar refractivity (Wildman–Crippen MR) is 140 cm³/mol. The zero-order valence-electron chi connectivity index (χ0n) is 19.9. The molecule has 5 rings (SSSR count). The van der Waals surface area contributed by atoms with Crippen molar-refractivity contribution in [3.63, 3.8) is 0 Å². The number of nitrogens with one attached hydrogen (secondary N) is 2. The highest BCUT2D eigenvalue weighted by Crippen LogP contribution is 2.38. The lowest BCUT2D eigenvalue weighted by atomic mass is 9.95. The van der Waals surface area contributed by atoms with Gasteiger partial charge in [0.05, 0.1) is 18.2 Å². The first-order valence-electron chi connectivity index (χ1n) is 12.3. The minimum atomic E-state index is -0.148. The molecule has 0 spiro atoms. The van der Waals surface area contributed by atoms with Crippen molar-refractivity contribution in [2.75, 3.05) is 25.1 Å². The van der Waals surface area contributed by atoms with Gasteiger partial charge >= 0.3 is 0 Å². The largest absolute Gasteiger partial charge is 0.464 e. The van der Waals surface area contributed by atoms with Gasteiger partial charge in [-0.1, -0.05) is 30.3 Å². The van der Waals surface area contributed by atoms with Crippen LogP contribution < -0.4 is 10.6 Å². The van der Waals surface area contributed by atoms with E-state index in [4.69, 9.17) is 9.15 Å². The number of amides is 2. The molecule has 2 N–H and O–H groups in total. The third kappa shape index (κ3) is 4.97. The molecule has 0 saturated carbocycles. The van der Waals surface area contributed by atoms with E-state index in [-0.39, 0.29) is 18.2 Å². The lowest BCUT2D eigenvalue weighted by Gasteiger charge is -2.13. The first-order chi connectivity index (χ1) is 17.2. The highest BCUT2D eigenvalue weighted by atomic mass is 32.1. The summed E-state index contributed by atoms with van der Waals surface area (Å²) in [6.07, 6.45) is 6.62. The van der Waals surface area contributed by atoms with Crippen molar-refractivity contribution in [3.05, 3.63) is 64.2 Å². The summed E-state index contributed by atoms with van der Waals surface area (Å²) in [6, 6.07) is 12.1. The third-order valence-corrected chi connectivity index (χ3v) is 7.70. The van der Waals surface area contributed by atoms with Gasteiger partial charge in [-0.05, 0) is 61.4 Å². The summed E-state index contributed by atoms with van der Waals surface area (Å²) in [5.74, 6) is -0.263. The van der Waals surface area contributed by atoms with Crippen LogP contribution in [0.3, 0.4) is 0 Å². The number of ether oxygens (including phenoxy) is 1. The summed E-state index contributed by atoms with van der Waals surface area (Å²) < 4.78 is 11.1. The molecule has 0 atom stereocenters. The normalized spacial score (nSPS) is 13.2. The number of benzene rings is 2. The Kier molecular flexibility index (Phi) is 7.16. The van der Waals surface area contributed by atoms with Gasteiger partial charge in [-0.25, -0.2) is 0 Å².